The van der Waals surface area contributed by atoms with Crippen molar-refractivity contribution in [3.05, 3.63) is 42.1 Å². The Morgan fingerprint density at radius 3 is 2.75 bits per heavy atom. The van der Waals surface area contributed by atoms with Crippen LogP contribution in [0.5, 0.6) is 0 Å². The molecule has 0 saturated heterocycles. The number of aromatic nitrogens is 1. The number of amides is 1. The number of anilines is 1. The minimum absolute atomic E-state index is 0.0197. The highest BCUT2D eigenvalue weighted by molar-refractivity contribution is 6.00. The van der Waals surface area contributed by atoms with Crippen molar-refractivity contribution >= 4 is 22.5 Å². The van der Waals surface area contributed by atoms with E-state index in [9.17, 15) is 9.90 Å². The van der Waals surface area contributed by atoms with Gasteiger partial charge in [0, 0.05) is 29.7 Å². The van der Waals surface area contributed by atoms with Gasteiger partial charge in [-0.2, -0.15) is 0 Å². The van der Waals surface area contributed by atoms with Gasteiger partial charge in [0.05, 0.1) is 18.2 Å². The summed E-state index contributed by atoms with van der Waals surface area (Å²) in [5, 5.41) is 14.1. The van der Waals surface area contributed by atoms with Crippen LogP contribution in [0.3, 0.4) is 0 Å². The number of hydrogen-bond donors (Lipinski definition) is 3. The highest BCUT2D eigenvalue weighted by Gasteiger charge is 2.34. The van der Waals surface area contributed by atoms with E-state index in [-0.39, 0.29) is 35.9 Å². The molecule has 3 rings (SSSR count). The summed E-state index contributed by atoms with van der Waals surface area (Å²) in [6.45, 7) is 12.5. The number of benzene rings is 1. The van der Waals surface area contributed by atoms with Crippen molar-refractivity contribution in [1.29, 1.82) is 0 Å². The SMILES string of the molecule is C=CC(C)(C)c1ccc2c3c(c[nH]c13)C[C@@H](CO)NC(=O)C(C(C)CC)N2C. The van der Waals surface area contributed by atoms with Crippen LogP contribution in [0, 0.1) is 5.92 Å². The molecule has 2 aromatic rings. The number of carbonyl (C=O) groups excluding carboxylic acids is 1. The maximum absolute atomic E-state index is 13.1. The number of hydrogen-bond acceptors (Lipinski definition) is 3. The van der Waals surface area contributed by atoms with Crippen molar-refractivity contribution in [2.24, 2.45) is 5.92 Å². The minimum atomic E-state index is -0.298. The molecule has 0 spiro atoms. The number of carbonyl (C=O) groups is 1. The Bertz CT molecular complexity index is 883. The van der Waals surface area contributed by atoms with Crippen LogP contribution >= 0.6 is 0 Å². The number of aliphatic hydroxyl groups excluding tert-OH is 1. The first-order chi connectivity index (χ1) is 13.2. The molecule has 0 aliphatic carbocycles. The standard InChI is InChI=1S/C23H33N3O2/c1-7-14(3)21-22(28)25-16(13-27)11-15-12-24-20-17(23(4,5)8-2)9-10-18(19(15)20)26(21)6/h8-10,12,14,16,21,24,27H,2,7,11,13H2,1,3-6H3,(H,25,28)/t14?,16-,21?/m0/s1. The van der Waals surface area contributed by atoms with Crippen LogP contribution in [0.2, 0.25) is 0 Å². The van der Waals surface area contributed by atoms with Crippen molar-refractivity contribution in [2.45, 2.75) is 58.0 Å². The number of rotatable bonds is 5. The van der Waals surface area contributed by atoms with Gasteiger partial charge in [0.25, 0.3) is 0 Å². The summed E-state index contributed by atoms with van der Waals surface area (Å²) in [4.78, 5) is 18.7. The van der Waals surface area contributed by atoms with Crippen LogP contribution in [-0.2, 0) is 16.6 Å². The van der Waals surface area contributed by atoms with Gasteiger partial charge in [0.2, 0.25) is 5.91 Å². The van der Waals surface area contributed by atoms with Gasteiger partial charge in [-0.05, 0) is 29.5 Å². The Kier molecular flexibility index (Phi) is 5.57. The third-order valence-electron chi connectivity index (χ3n) is 6.38. The summed E-state index contributed by atoms with van der Waals surface area (Å²) < 4.78 is 0. The van der Waals surface area contributed by atoms with E-state index < -0.39 is 0 Å². The molecular weight excluding hydrogens is 350 g/mol. The predicted molar refractivity (Wildman–Crippen MR) is 116 cm³/mol. The second-order valence-electron chi connectivity index (χ2n) is 8.66. The number of nitrogens with zero attached hydrogens (tertiary/aromatic N) is 1. The van der Waals surface area contributed by atoms with E-state index in [1.165, 1.54) is 5.56 Å². The largest absolute Gasteiger partial charge is 0.394 e. The molecule has 2 heterocycles. The van der Waals surface area contributed by atoms with Crippen LogP contribution in [0.1, 0.15) is 45.2 Å². The van der Waals surface area contributed by atoms with Gasteiger partial charge in [-0.3, -0.25) is 4.79 Å². The monoisotopic (exact) mass is 383 g/mol. The lowest BCUT2D eigenvalue weighted by atomic mass is 9.83. The third kappa shape index (κ3) is 3.32. The zero-order valence-electron chi connectivity index (χ0n) is 17.7. The van der Waals surface area contributed by atoms with Crippen molar-refractivity contribution in [3.63, 3.8) is 0 Å². The van der Waals surface area contributed by atoms with Crippen LogP contribution in [0.15, 0.2) is 31.0 Å². The molecule has 1 amide bonds. The second kappa shape index (κ2) is 7.63. The van der Waals surface area contributed by atoms with Gasteiger partial charge < -0.3 is 20.3 Å². The third-order valence-corrected chi connectivity index (χ3v) is 6.38. The molecule has 0 radical (unpaired) electrons. The molecule has 152 valence electrons. The summed E-state index contributed by atoms with van der Waals surface area (Å²) in [6.07, 6.45) is 5.47. The van der Waals surface area contributed by atoms with Crippen LogP contribution in [0.4, 0.5) is 5.69 Å². The minimum Gasteiger partial charge on any atom is -0.394 e. The summed E-state index contributed by atoms with van der Waals surface area (Å²) in [7, 11) is 2.00. The molecule has 3 atom stereocenters. The fourth-order valence-corrected chi connectivity index (χ4v) is 4.30. The molecule has 0 bridgehead atoms. The molecule has 0 fully saturated rings. The lowest BCUT2D eigenvalue weighted by molar-refractivity contribution is -0.124. The van der Waals surface area contributed by atoms with Crippen molar-refractivity contribution in [2.75, 3.05) is 18.6 Å². The van der Waals surface area contributed by atoms with Gasteiger partial charge in [0.1, 0.15) is 6.04 Å². The smallest absolute Gasteiger partial charge is 0.243 e. The van der Waals surface area contributed by atoms with Crippen LogP contribution in [0.25, 0.3) is 10.9 Å². The number of H-pyrrole nitrogens is 1. The van der Waals surface area contributed by atoms with Crippen molar-refractivity contribution < 1.29 is 9.90 Å². The quantitative estimate of drug-likeness (QED) is 0.692. The van der Waals surface area contributed by atoms with E-state index in [4.69, 9.17) is 0 Å². The molecular formula is C23H33N3O2. The zero-order chi connectivity index (χ0) is 20.6. The first-order valence-electron chi connectivity index (χ1n) is 10.2. The number of aromatic amines is 1. The van der Waals surface area contributed by atoms with Crippen molar-refractivity contribution in [3.8, 4) is 0 Å². The average molecular weight is 384 g/mol. The Morgan fingerprint density at radius 1 is 1.43 bits per heavy atom. The number of allylic oxidation sites excluding steroid dienone is 1. The summed E-state index contributed by atoms with van der Waals surface area (Å²) in [5.74, 6) is 0.165. The molecule has 1 aliphatic rings. The molecule has 3 N–H and O–H groups in total. The summed E-state index contributed by atoms with van der Waals surface area (Å²) in [5.41, 5.74) is 4.24. The molecule has 5 heteroatoms. The Balaban J connectivity index is 2.28. The molecule has 1 aliphatic heterocycles. The summed E-state index contributed by atoms with van der Waals surface area (Å²) in [6, 6.07) is 3.68. The lowest BCUT2D eigenvalue weighted by Gasteiger charge is -2.34. The Hall–Kier alpha value is -2.27. The first-order valence-corrected chi connectivity index (χ1v) is 10.2. The Labute approximate surface area is 167 Å². The van der Waals surface area contributed by atoms with Crippen LogP contribution < -0.4 is 10.2 Å². The molecule has 28 heavy (non-hydrogen) atoms. The van der Waals surface area contributed by atoms with Gasteiger partial charge in [-0.1, -0.05) is 46.3 Å². The fraction of sp³-hybridized carbons (Fsp3) is 0.522. The number of aliphatic hydroxyl groups is 1. The topological polar surface area (TPSA) is 68.4 Å². The summed E-state index contributed by atoms with van der Waals surface area (Å²) >= 11 is 0. The molecule has 1 aromatic carbocycles. The van der Waals surface area contributed by atoms with E-state index in [2.05, 4.69) is 61.6 Å². The lowest BCUT2D eigenvalue weighted by Crippen LogP contribution is -2.52. The molecule has 5 nitrogen and oxygen atoms in total. The van der Waals surface area contributed by atoms with Gasteiger partial charge in [-0.25, -0.2) is 0 Å². The second-order valence-corrected chi connectivity index (χ2v) is 8.66. The average Bonchev–Trinajstić information content (AvgIpc) is 3.10. The number of likely N-dealkylation sites (N-methyl/N-ethyl adjacent to an activating group) is 1. The molecule has 2 unspecified atom stereocenters. The Morgan fingerprint density at radius 2 is 2.14 bits per heavy atom. The van der Waals surface area contributed by atoms with Gasteiger partial charge in [-0.15, -0.1) is 6.58 Å². The zero-order valence-corrected chi connectivity index (χ0v) is 17.7. The molecule has 1 aromatic heterocycles. The highest BCUT2D eigenvalue weighted by Crippen LogP contribution is 2.39. The fourth-order valence-electron chi connectivity index (χ4n) is 4.30. The van der Waals surface area contributed by atoms with Crippen molar-refractivity contribution in [1.82, 2.24) is 10.3 Å². The van der Waals surface area contributed by atoms with E-state index in [1.807, 2.05) is 19.3 Å². The predicted octanol–water partition coefficient (Wildman–Crippen LogP) is 3.52. The first kappa shape index (κ1) is 20.5. The van der Waals surface area contributed by atoms with Crippen LogP contribution in [-0.4, -0.2) is 41.7 Å². The van der Waals surface area contributed by atoms with E-state index in [1.54, 1.807) is 0 Å². The van der Waals surface area contributed by atoms with Gasteiger partial charge in [0.15, 0.2) is 0 Å². The maximum Gasteiger partial charge on any atom is 0.243 e. The molecule has 0 saturated carbocycles. The van der Waals surface area contributed by atoms with E-state index >= 15 is 0 Å². The van der Waals surface area contributed by atoms with E-state index in [0.29, 0.717) is 6.42 Å². The number of nitrogens with one attached hydrogen (secondary N) is 2. The normalized spacial score (nSPS) is 21.6. The highest BCUT2D eigenvalue weighted by atomic mass is 16.3. The maximum atomic E-state index is 13.1. The van der Waals surface area contributed by atoms with Gasteiger partial charge >= 0.3 is 0 Å². The van der Waals surface area contributed by atoms with E-state index in [0.717, 1.165) is 28.6 Å².